The number of allylic oxidation sites excluding steroid dienone is 2. The van der Waals surface area contributed by atoms with E-state index in [1.807, 2.05) is 0 Å². The fourth-order valence-electron chi connectivity index (χ4n) is 3.09. The van der Waals surface area contributed by atoms with Crippen LogP contribution in [-0.4, -0.2) is 38.2 Å². The lowest BCUT2D eigenvalue weighted by Crippen LogP contribution is -2.37. The minimum Gasteiger partial charge on any atom is -0.489 e. The number of carbonyl (C=O) groups excluding carboxylic acids is 3. The zero-order valence-corrected chi connectivity index (χ0v) is 13.9. The second-order valence-corrected chi connectivity index (χ2v) is 5.88. The molecule has 0 radical (unpaired) electrons. The smallest absolute Gasteiger partial charge is 0.229 e. The van der Waals surface area contributed by atoms with Crippen LogP contribution in [0.5, 0.6) is 0 Å². The van der Waals surface area contributed by atoms with Gasteiger partial charge in [-0.3, -0.25) is 14.4 Å². The Balaban J connectivity index is 2.10. The zero-order chi connectivity index (χ0) is 17.0. The number of hydrogen-bond acceptors (Lipinski definition) is 5. The fraction of sp³-hybridized carbons (Fsp3) is 0.588. The molecule has 6 nitrogen and oxygen atoms in total. The minimum absolute atomic E-state index is 0.00558. The molecule has 0 unspecified atom stereocenters. The first-order valence-corrected chi connectivity index (χ1v) is 7.90. The van der Waals surface area contributed by atoms with E-state index in [0.717, 1.165) is 25.7 Å². The zero-order valence-electron chi connectivity index (χ0n) is 13.9. The Morgan fingerprint density at radius 3 is 2.17 bits per heavy atom. The van der Waals surface area contributed by atoms with E-state index in [-0.39, 0.29) is 46.8 Å². The van der Waals surface area contributed by atoms with Gasteiger partial charge in [0.05, 0.1) is 14.2 Å². The normalized spacial score (nSPS) is 20.0. The molecule has 2 aliphatic rings. The van der Waals surface area contributed by atoms with Gasteiger partial charge in [0, 0.05) is 23.6 Å². The number of methoxy groups -OCH3 is 2. The van der Waals surface area contributed by atoms with Crippen molar-refractivity contribution in [2.75, 3.05) is 20.8 Å². The molecule has 0 atom stereocenters. The van der Waals surface area contributed by atoms with E-state index in [9.17, 15) is 14.4 Å². The predicted molar refractivity (Wildman–Crippen MR) is 83.3 cm³/mol. The summed E-state index contributed by atoms with van der Waals surface area (Å²) in [6.07, 6.45) is 5.06. The third kappa shape index (κ3) is 3.46. The summed E-state index contributed by atoms with van der Waals surface area (Å²) in [5, 5.41) is 2.79. The molecule has 0 heterocycles. The van der Waals surface area contributed by atoms with Gasteiger partial charge in [0.1, 0.15) is 0 Å². The van der Waals surface area contributed by atoms with E-state index in [0.29, 0.717) is 0 Å². The van der Waals surface area contributed by atoms with Crippen LogP contribution in [0.2, 0.25) is 0 Å². The highest BCUT2D eigenvalue weighted by atomic mass is 16.5. The molecule has 0 spiro atoms. The van der Waals surface area contributed by atoms with E-state index < -0.39 is 5.78 Å². The standard InChI is InChI=1S/C17H23NO5/c1-10-12(9-18-17(21)11-7-5-4-6-8-11)14(20)16(23-3)15(22-2)13(10)19/h11H,4-9H2,1-3H3,(H,18,21). The van der Waals surface area contributed by atoms with Crippen molar-refractivity contribution >= 4 is 17.5 Å². The lowest BCUT2D eigenvalue weighted by Gasteiger charge is -2.23. The third-order valence-electron chi connectivity index (χ3n) is 4.51. The average molecular weight is 321 g/mol. The Kier molecular flexibility index (Phi) is 5.58. The molecule has 2 aliphatic carbocycles. The van der Waals surface area contributed by atoms with Crippen LogP contribution in [0.15, 0.2) is 22.7 Å². The van der Waals surface area contributed by atoms with Crippen molar-refractivity contribution in [2.45, 2.75) is 39.0 Å². The van der Waals surface area contributed by atoms with Gasteiger partial charge in [-0.05, 0) is 19.8 Å². The third-order valence-corrected chi connectivity index (χ3v) is 4.51. The number of rotatable bonds is 5. The van der Waals surface area contributed by atoms with Crippen LogP contribution in [-0.2, 0) is 23.9 Å². The topological polar surface area (TPSA) is 81.7 Å². The molecular formula is C17H23NO5. The Morgan fingerprint density at radius 2 is 1.61 bits per heavy atom. The van der Waals surface area contributed by atoms with Crippen molar-refractivity contribution in [3.05, 3.63) is 22.7 Å². The van der Waals surface area contributed by atoms with E-state index in [1.54, 1.807) is 6.92 Å². The number of nitrogens with one attached hydrogen (secondary N) is 1. The maximum absolute atomic E-state index is 12.4. The molecule has 1 fully saturated rings. The summed E-state index contributed by atoms with van der Waals surface area (Å²) in [5.41, 5.74) is 0.549. The Labute approximate surface area is 135 Å². The van der Waals surface area contributed by atoms with E-state index in [4.69, 9.17) is 9.47 Å². The van der Waals surface area contributed by atoms with Crippen LogP contribution in [0.25, 0.3) is 0 Å². The Bertz CT molecular complexity index is 582. The van der Waals surface area contributed by atoms with Gasteiger partial charge in [0.25, 0.3) is 0 Å². The van der Waals surface area contributed by atoms with Crippen LogP contribution in [0, 0.1) is 5.92 Å². The first kappa shape index (κ1) is 17.2. The molecule has 6 heteroatoms. The average Bonchev–Trinajstić information content (AvgIpc) is 2.58. The van der Waals surface area contributed by atoms with Gasteiger partial charge in [0.2, 0.25) is 29.0 Å². The van der Waals surface area contributed by atoms with E-state index in [2.05, 4.69) is 5.32 Å². The van der Waals surface area contributed by atoms with Gasteiger partial charge in [0.15, 0.2) is 0 Å². The van der Waals surface area contributed by atoms with Crippen LogP contribution in [0.3, 0.4) is 0 Å². The molecule has 126 valence electrons. The molecule has 2 rings (SSSR count). The summed E-state index contributed by atoms with van der Waals surface area (Å²) >= 11 is 0. The summed E-state index contributed by atoms with van der Waals surface area (Å²) < 4.78 is 10.00. The fourth-order valence-corrected chi connectivity index (χ4v) is 3.09. The number of hydrogen-bond donors (Lipinski definition) is 1. The molecule has 23 heavy (non-hydrogen) atoms. The second kappa shape index (κ2) is 7.44. The first-order chi connectivity index (χ1) is 11.0. The molecule has 0 saturated heterocycles. The molecule has 1 saturated carbocycles. The van der Waals surface area contributed by atoms with Gasteiger partial charge in [-0.15, -0.1) is 0 Å². The number of ketones is 2. The van der Waals surface area contributed by atoms with Gasteiger partial charge in [-0.1, -0.05) is 19.3 Å². The highest BCUT2D eigenvalue weighted by Gasteiger charge is 2.35. The molecule has 1 N–H and O–H groups in total. The van der Waals surface area contributed by atoms with Crippen LogP contribution in [0.1, 0.15) is 39.0 Å². The SMILES string of the molecule is COC1=C(OC)C(=O)C(CNC(=O)C2CCCCC2)=C(C)C1=O. The van der Waals surface area contributed by atoms with Gasteiger partial charge < -0.3 is 14.8 Å². The van der Waals surface area contributed by atoms with Crippen molar-refractivity contribution < 1.29 is 23.9 Å². The minimum atomic E-state index is -0.412. The summed E-state index contributed by atoms with van der Waals surface area (Å²) in [6, 6.07) is 0. The summed E-state index contributed by atoms with van der Waals surface area (Å²) in [6.45, 7) is 1.60. The lowest BCUT2D eigenvalue weighted by atomic mass is 9.88. The van der Waals surface area contributed by atoms with Crippen molar-refractivity contribution in [1.29, 1.82) is 0 Å². The Hall–Kier alpha value is -2.11. The molecule has 0 aromatic heterocycles. The summed E-state index contributed by atoms with van der Waals surface area (Å²) in [7, 11) is 2.64. The van der Waals surface area contributed by atoms with Gasteiger partial charge in [-0.25, -0.2) is 0 Å². The molecule has 0 aromatic rings. The number of ether oxygens (including phenoxy) is 2. The van der Waals surface area contributed by atoms with E-state index in [1.165, 1.54) is 20.6 Å². The number of amides is 1. The summed E-state index contributed by atoms with van der Waals surface area (Å²) in [5.74, 6) is -1.03. The van der Waals surface area contributed by atoms with Gasteiger partial charge in [-0.2, -0.15) is 0 Å². The van der Waals surface area contributed by atoms with Crippen LogP contribution in [0.4, 0.5) is 0 Å². The maximum atomic E-state index is 12.4. The quantitative estimate of drug-likeness (QED) is 0.779. The van der Waals surface area contributed by atoms with Gasteiger partial charge >= 0.3 is 0 Å². The largest absolute Gasteiger partial charge is 0.489 e. The highest BCUT2D eigenvalue weighted by Crippen LogP contribution is 2.26. The molecular weight excluding hydrogens is 298 g/mol. The van der Waals surface area contributed by atoms with Crippen molar-refractivity contribution in [3.63, 3.8) is 0 Å². The molecule has 0 aliphatic heterocycles. The second-order valence-electron chi connectivity index (χ2n) is 5.88. The monoisotopic (exact) mass is 321 g/mol. The maximum Gasteiger partial charge on any atom is 0.229 e. The van der Waals surface area contributed by atoms with E-state index >= 15 is 0 Å². The van der Waals surface area contributed by atoms with Crippen molar-refractivity contribution in [1.82, 2.24) is 5.32 Å². The van der Waals surface area contributed by atoms with Crippen molar-refractivity contribution in [2.24, 2.45) is 5.92 Å². The highest BCUT2D eigenvalue weighted by molar-refractivity contribution is 6.23. The number of Topliss-reactive ketones (excluding diaryl/α,β-unsaturated/α-hetero) is 2. The Morgan fingerprint density at radius 1 is 1.04 bits per heavy atom. The molecule has 1 amide bonds. The molecule has 0 aromatic carbocycles. The predicted octanol–water partition coefficient (Wildman–Crippen LogP) is 1.66. The first-order valence-electron chi connectivity index (χ1n) is 7.90. The summed E-state index contributed by atoms with van der Waals surface area (Å²) in [4.78, 5) is 36.9. The van der Waals surface area contributed by atoms with Crippen LogP contribution < -0.4 is 5.32 Å². The molecule has 0 bridgehead atoms. The lowest BCUT2D eigenvalue weighted by molar-refractivity contribution is -0.126. The number of carbonyl (C=O) groups is 3. The van der Waals surface area contributed by atoms with Crippen LogP contribution >= 0.6 is 0 Å². The van der Waals surface area contributed by atoms with Crippen molar-refractivity contribution in [3.8, 4) is 0 Å².